The summed E-state index contributed by atoms with van der Waals surface area (Å²) in [6.45, 7) is 1.32. The van der Waals surface area contributed by atoms with E-state index in [9.17, 15) is 9.59 Å². The number of hydrogen-bond donors (Lipinski definition) is 2. The van der Waals surface area contributed by atoms with Crippen LogP contribution in [0.15, 0.2) is 0 Å². The number of nitrogens with zero attached hydrogens (tertiary/aromatic N) is 1. The second-order valence-corrected chi connectivity index (χ2v) is 4.81. The van der Waals surface area contributed by atoms with Crippen molar-refractivity contribution in [1.29, 1.82) is 0 Å². The second-order valence-electron chi connectivity index (χ2n) is 4.81. The SMILES string of the molecule is O=C(O)CCN1CC2CC1CCC2C(=O)O. The number of rotatable bonds is 4. The third kappa shape index (κ3) is 2.19. The molecule has 2 bridgehead atoms. The summed E-state index contributed by atoms with van der Waals surface area (Å²) in [5.41, 5.74) is 0. The molecule has 1 aliphatic carbocycles. The van der Waals surface area contributed by atoms with Crippen molar-refractivity contribution in [1.82, 2.24) is 4.90 Å². The van der Waals surface area contributed by atoms with Crippen molar-refractivity contribution in [2.75, 3.05) is 13.1 Å². The van der Waals surface area contributed by atoms with Gasteiger partial charge in [-0.05, 0) is 25.2 Å². The highest BCUT2D eigenvalue weighted by molar-refractivity contribution is 5.70. The monoisotopic (exact) mass is 227 g/mol. The maximum absolute atomic E-state index is 11.0. The molecule has 0 radical (unpaired) electrons. The van der Waals surface area contributed by atoms with Gasteiger partial charge in [-0.15, -0.1) is 0 Å². The van der Waals surface area contributed by atoms with Crippen molar-refractivity contribution in [3.05, 3.63) is 0 Å². The molecule has 2 fully saturated rings. The highest BCUT2D eigenvalue weighted by Crippen LogP contribution is 2.39. The van der Waals surface area contributed by atoms with Crippen LogP contribution in [-0.2, 0) is 9.59 Å². The highest BCUT2D eigenvalue weighted by Gasteiger charge is 2.43. The number of carbonyl (C=O) groups is 2. The van der Waals surface area contributed by atoms with E-state index in [-0.39, 0.29) is 18.3 Å². The minimum absolute atomic E-state index is 0.154. The summed E-state index contributed by atoms with van der Waals surface area (Å²) in [5, 5.41) is 17.7. The molecule has 2 N–H and O–H groups in total. The van der Waals surface area contributed by atoms with E-state index < -0.39 is 11.9 Å². The Balaban J connectivity index is 1.92. The van der Waals surface area contributed by atoms with E-state index >= 15 is 0 Å². The maximum Gasteiger partial charge on any atom is 0.306 e. The average molecular weight is 227 g/mol. The van der Waals surface area contributed by atoms with Crippen LogP contribution < -0.4 is 0 Å². The van der Waals surface area contributed by atoms with Crippen LogP contribution in [0, 0.1) is 11.8 Å². The molecule has 1 saturated heterocycles. The van der Waals surface area contributed by atoms with Crippen LogP contribution in [-0.4, -0.2) is 46.2 Å². The number of carboxylic acids is 2. The largest absolute Gasteiger partial charge is 0.481 e. The first kappa shape index (κ1) is 11.4. The molecule has 2 rings (SSSR count). The summed E-state index contributed by atoms with van der Waals surface area (Å²) in [6.07, 6.45) is 2.72. The number of hydrogen-bond acceptors (Lipinski definition) is 3. The Labute approximate surface area is 94.0 Å². The molecule has 3 atom stereocenters. The smallest absolute Gasteiger partial charge is 0.306 e. The third-order valence-corrected chi connectivity index (χ3v) is 3.87. The van der Waals surface area contributed by atoms with Crippen molar-refractivity contribution < 1.29 is 19.8 Å². The van der Waals surface area contributed by atoms with Gasteiger partial charge in [0.15, 0.2) is 0 Å². The van der Waals surface area contributed by atoms with Gasteiger partial charge in [-0.25, -0.2) is 0 Å². The van der Waals surface area contributed by atoms with Crippen molar-refractivity contribution in [2.24, 2.45) is 11.8 Å². The first-order valence-electron chi connectivity index (χ1n) is 5.76. The average Bonchev–Trinajstić information content (AvgIpc) is 2.52. The molecule has 16 heavy (non-hydrogen) atoms. The van der Waals surface area contributed by atoms with E-state index in [0.717, 1.165) is 25.8 Å². The Morgan fingerprint density at radius 2 is 2.00 bits per heavy atom. The fourth-order valence-corrected chi connectivity index (χ4v) is 3.06. The third-order valence-electron chi connectivity index (χ3n) is 3.87. The number of fused-ring (bicyclic) bond motifs is 2. The van der Waals surface area contributed by atoms with Crippen molar-refractivity contribution in [2.45, 2.75) is 31.7 Å². The molecule has 0 aromatic heterocycles. The van der Waals surface area contributed by atoms with E-state index in [0.29, 0.717) is 12.6 Å². The highest BCUT2D eigenvalue weighted by atomic mass is 16.4. The molecule has 5 nitrogen and oxygen atoms in total. The number of aliphatic carboxylic acids is 2. The fourth-order valence-electron chi connectivity index (χ4n) is 3.06. The zero-order valence-corrected chi connectivity index (χ0v) is 9.13. The molecule has 0 aromatic carbocycles. The molecule has 2 aliphatic rings. The second kappa shape index (κ2) is 4.41. The quantitative estimate of drug-likeness (QED) is 0.737. The summed E-state index contributed by atoms with van der Waals surface area (Å²) in [4.78, 5) is 23.7. The van der Waals surface area contributed by atoms with Gasteiger partial charge in [-0.2, -0.15) is 0 Å². The predicted octanol–water partition coefficient (Wildman–Crippen LogP) is 0.646. The van der Waals surface area contributed by atoms with Gasteiger partial charge in [-0.1, -0.05) is 0 Å². The van der Waals surface area contributed by atoms with Crippen LogP contribution in [0.2, 0.25) is 0 Å². The summed E-state index contributed by atoms with van der Waals surface area (Å²) in [6, 6.07) is 0.417. The zero-order chi connectivity index (χ0) is 11.7. The Morgan fingerprint density at radius 3 is 2.62 bits per heavy atom. The predicted molar refractivity (Wildman–Crippen MR) is 56.1 cm³/mol. The molecule has 5 heteroatoms. The minimum atomic E-state index is -0.781. The summed E-state index contributed by atoms with van der Waals surface area (Å²) in [7, 11) is 0. The number of likely N-dealkylation sites (tertiary alicyclic amines) is 1. The molecule has 3 unspecified atom stereocenters. The van der Waals surface area contributed by atoms with E-state index in [2.05, 4.69) is 4.90 Å². The van der Waals surface area contributed by atoms with Crippen LogP contribution >= 0.6 is 0 Å². The fraction of sp³-hybridized carbons (Fsp3) is 0.818. The molecule has 0 amide bonds. The molecule has 1 saturated carbocycles. The van der Waals surface area contributed by atoms with Crippen LogP contribution in [0.5, 0.6) is 0 Å². The van der Waals surface area contributed by atoms with Gasteiger partial charge in [0.05, 0.1) is 12.3 Å². The molecule has 90 valence electrons. The van der Waals surface area contributed by atoms with Gasteiger partial charge in [0, 0.05) is 19.1 Å². The van der Waals surface area contributed by atoms with Gasteiger partial charge in [0.2, 0.25) is 0 Å². The van der Waals surface area contributed by atoms with Crippen molar-refractivity contribution >= 4 is 11.9 Å². The normalized spacial score (nSPS) is 33.9. The van der Waals surface area contributed by atoms with Gasteiger partial charge < -0.3 is 10.2 Å². The lowest BCUT2D eigenvalue weighted by molar-refractivity contribution is -0.144. The summed E-state index contributed by atoms with van der Waals surface area (Å²) >= 11 is 0. The van der Waals surface area contributed by atoms with E-state index in [4.69, 9.17) is 10.2 Å². The lowest BCUT2D eigenvalue weighted by Gasteiger charge is -2.26. The minimum Gasteiger partial charge on any atom is -0.481 e. The lowest BCUT2D eigenvalue weighted by atomic mass is 9.80. The molecule has 1 heterocycles. The van der Waals surface area contributed by atoms with E-state index in [1.165, 1.54) is 0 Å². The Hall–Kier alpha value is -1.10. The van der Waals surface area contributed by atoms with Gasteiger partial charge in [0.1, 0.15) is 0 Å². The molecule has 0 aromatic rings. The van der Waals surface area contributed by atoms with Crippen LogP contribution in [0.4, 0.5) is 0 Å². The number of carboxylic acid groups (broad SMARTS) is 2. The van der Waals surface area contributed by atoms with Crippen LogP contribution in [0.3, 0.4) is 0 Å². The van der Waals surface area contributed by atoms with Crippen LogP contribution in [0.1, 0.15) is 25.7 Å². The first-order valence-corrected chi connectivity index (χ1v) is 5.76. The van der Waals surface area contributed by atoms with Gasteiger partial charge >= 0.3 is 11.9 Å². The standard InChI is InChI=1S/C11H17NO4/c13-10(14)3-4-12-6-7-5-8(12)1-2-9(7)11(15)16/h7-9H,1-6H2,(H,13,14)(H,15,16). The summed E-state index contributed by atoms with van der Waals surface area (Å²) in [5.74, 6) is -1.46. The van der Waals surface area contributed by atoms with Gasteiger partial charge in [-0.3, -0.25) is 14.5 Å². The molecular formula is C11H17NO4. The summed E-state index contributed by atoms with van der Waals surface area (Å²) < 4.78 is 0. The van der Waals surface area contributed by atoms with Crippen molar-refractivity contribution in [3.63, 3.8) is 0 Å². The molecule has 0 spiro atoms. The first-order chi connectivity index (χ1) is 7.58. The lowest BCUT2D eigenvalue weighted by Crippen LogP contribution is -2.31. The molecule has 1 aliphatic heterocycles. The topological polar surface area (TPSA) is 77.8 Å². The Morgan fingerprint density at radius 1 is 1.25 bits per heavy atom. The molecular weight excluding hydrogens is 210 g/mol. The maximum atomic E-state index is 11.0. The van der Waals surface area contributed by atoms with Crippen molar-refractivity contribution in [3.8, 4) is 0 Å². The van der Waals surface area contributed by atoms with E-state index in [1.807, 2.05) is 0 Å². The zero-order valence-electron chi connectivity index (χ0n) is 9.13. The van der Waals surface area contributed by atoms with Gasteiger partial charge in [0.25, 0.3) is 0 Å². The Bertz CT molecular complexity index is 304. The van der Waals surface area contributed by atoms with E-state index in [1.54, 1.807) is 0 Å². The Kier molecular flexibility index (Phi) is 3.14. The van der Waals surface area contributed by atoms with Crippen LogP contribution in [0.25, 0.3) is 0 Å².